The minimum absolute atomic E-state index is 0.0100. The molecule has 0 aliphatic heterocycles. The fourth-order valence-corrected chi connectivity index (χ4v) is 23.3. The van der Waals surface area contributed by atoms with Gasteiger partial charge in [-0.25, -0.2) is 59.8 Å². The van der Waals surface area contributed by atoms with E-state index >= 15 is 0 Å². The van der Waals surface area contributed by atoms with Gasteiger partial charge in [-0.3, -0.25) is 18.3 Å². The number of fused-ring (bicyclic) bond motifs is 4. The molecule has 43 heteroatoms. The maximum atomic E-state index is 13.8. The third-order valence-electron chi connectivity index (χ3n) is 23.7. The van der Waals surface area contributed by atoms with E-state index in [0.717, 1.165) is 50.6 Å². The summed E-state index contributed by atoms with van der Waals surface area (Å²) in [7, 11) is -7.71. The largest absolute Gasteiger partial charge is 0.497 e. The second kappa shape index (κ2) is 56.8. The van der Waals surface area contributed by atoms with Gasteiger partial charge in [-0.2, -0.15) is 0 Å². The number of nitrogens with zero attached hydrogens (tertiary/aromatic N) is 16. The Labute approximate surface area is 873 Å². The van der Waals surface area contributed by atoms with Crippen molar-refractivity contribution in [3.63, 3.8) is 0 Å². The highest BCUT2D eigenvalue weighted by Gasteiger charge is 2.32. The van der Waals surface area contributed by atoms with E-state index in [1.807, 2.05) is 193 Å². The normalized spacial score (nSPS) is 13.8. The molecule has 0 saturated heterocycles. The summed E-state index contributed by atoms with van der Waals surface area (Å²) < 4.78 is 150. The molecule has 0 saturated carbocycles. The SMILES string of the molecule is COc1cc(C)ccc1COCCCP(=O)(CO[C@H](C)Cn1cnc2c(N)ncnc21)Oc1ccccc1.COc1ccc(COCCCP(=O)(CO[C@H](C)Cn2cnc3c(N)ncnc32)Oc2ccccc2)c(C)c1.COc1ccccc1COCCCP(=O)(CO[C@H](C)Cn1cnc2c(N)ncnc21)Oc1ccccc1.Cc1ccc(COCCCP(=O)(CO[C@H](C)Cn2cnc3c(N)ncnc32)Oc2ccccc2)c(C)c1. The van der Waals surface area contributed by atoms with E-state index in [9.17, 15) is 18.3 Å². The molecule has 0 amide bonds. The minimum Gasteiger partial charge on any atom is -0.497 e. The number of nitrogens with two attached hydrogens (primary N) is 4. The zero-order valence-corrected chi connectivity index (χ0v) is 90.0. The Balaban J connectivity index is 0.000000167. The summed E-state index contributed by atoms with van der Waals surface area (Å²) in [5.41, 5.74) is 37.1. The van der Waals surface area contributed by atoms with E-state index < -0.39 is 29.5 Å². The first-order valence-corrected chi connectivity index (χ1v) is 57.2. The number of hydrogen-bond donors (Lipinski definition) is 4. The van der Waals surface area contributed by atoms with Crippen LogP contribution in [0.3, 0.4) is 0 Å². The fourth-order valence-electron chi connectivity index (χ4n) is 15.8. The number of imidazole rings is 4. The van der Waals surface area contributed by atoms with Crippen LogP contribution in [-0.4, -0.2) is 200 Å². The molecular formula is C107H134N20O19P4. The lowest BCUT2D eigenvalue weighted by molar-refractivity contribution is 0.0824. The number of rotatable bonds is 55. The van der Waals surface area contributed by atoms with Crippen molar-refractivity contribution >= 4 is 97.4 Å². The fraction of sp³-hybridized carbons (Fsp3) is 0.364. The van der Waals surface area contributed by atoms with Crippen molar-refractivity contribution in [3.8, 4) is 40.2 Å². The lowest BCUT2D eigenvalue weighted by atomic mass is 10.1. The van der Waals surface area contributed by atoms with Crippen LogP contribution in [0.25, 0.3) is 44.7 Å². The van der Waals surface area contributed by atoms with Crippen LogP contribution < -0.4 is 55.2 Å². The van der Waals surface area contributed by atoms with E-state index in [1.54, 1.807) is 95.2 Å². The number of ether oxygens (including phenoxy) is 11. The average molecular weight is 2130 g/mol. The number of methoxy groups -OCH3 is 3. The third kappa shape index (κ3) is 34.7. The zero-order valence-electron chi connectivity index (χ0n) is 86.5. The molecule has 0 bridgehead atoms. The van der Waals surface area contributed by atoms with Crippen molar-refractivity contribution in [2.24, 2.45) is 0 Å². The molecule has 0 radical (unpaired) electrons. The molecule has 8 N–H and O–H groups in total. The summed E-state index contributed by atoms with van der Waals surface area (Å²) in [5.74, 6) is 5.91. The van der Waals surface area contributed by atoms with Crippen LogP contribution in [0.15, 0.2) is 251 Å². The maximum absolute atomic E-state index is 13.8. The van der Waals surface area contributed by atoms with Gasteiger partial charge in [0.15, 0.2) is 45.9 Å². The Morgan fingerprint density at radius 1 is 0.287 bits per heavy atom. The van der Waals surface area contributed by atoms with E-state index in [-0.39, 0.29) is 49.8 Å². The molecule has 8 atom stereocenters. The molecule has 0 aliphatic rings. The second-order valence-corrected chi connectivity index (χ2v) is 46.1. The smallest absolute Gasteiger partial charge is 0.272 e. The summed E-state index contributed by atoms with van der Waals surface area (Å²) in [4.78, 5) is 50.1. The number of aromatic nitrogens is 16. The van der Waals surface area contributed by atoms with E-state index in [4.69, 9.17) is 93.1 Å². The minimum atomic E-state index is -3.17. The Morgan fingerprint density at radius 2 is 0.560 bits per heavy atom. The number of aryl methyl sites for hydroxylation is 4. The van der Waals surface area contributed by atoms with Gasteiger partial charge < -0.3 is 111 Å². The summed E-state index contributed by atoms with van der Waals surface area (Å²) >= 11 is 0. The average Bonchev–Trinajstić information content (AvgIpc) is 1.68. The first kappa shape index (κ1) is 114. The van der Waals surface area contributed by atoms with Crippen molar-refractivity contribution in [3.05, 3.63) is 295 Å². The molecule has 8 heterocycles. The van der Waals surface area contributed by atoms with Crippen LogP contribution in [0.4, 0.5) is 23.3 Å². The molecule has 796 valence electrons. The van der Waals surface area contributed by atoms with Crippen LogP contribution in [-0.2, 0) is 109 Å². The van der Waals surface area contributed by atoms with Gasteiger partial charge in [0.25, 0.3) is 29.5 Å². The highest BCUT2D eigenvalue weighted by atomic mass is 31.2. The van der Waals surface area contributed by atoms with Crippen molar-refractivity contribution in [2.45, 2.75) is 158 Å². The Kier molecular flexibility index (Phi) is 43.0. The number of anilines is 4. The summed E-state index contributed by atoms with van der Waals surface area (Å²) in [6, 6.07) is 62.6. The van der Waals surface area contributed by atoms with Crippen LogP contribution >= 0.6 is 29.5 Å². The summed E-state index contributed by atoms with van der Waals surface area (Å²) in [6.07, 6.45) is 14.6. The number of hydrogen-bond acceptors (Lipinski definition) is 35. The Morgan fingerprint density at radius 3 is 0.860 bits per heavy atom. The van der Waals surface area contributed by atoms with Crippen molar-refractivity contribution in [1.82, 2.24) is 78.1 Å². The number of benzene rings is 8. The topological polar surface area (TPSA) is 485 Å². The molecule has 0 fully saturated rings. The predicted octanol–water partition coefficient (Wildman–Crippen LogP) is 20.2. The van der Waals surface area contributed by atoms with Gasteiger partial charge in [0.05, 0.1) is 124 Å². The third-order valence-corrected chi connectivity index (χ3v) is 32.0. The van der Waals surface area contributed by atoms with Gasteiger partial charge in [-0.15, -0.1) is 0 Å². The summed E-state index contributed by atoms with van der Waals surface area (Å²) in [5, 5.41) is 0. The Hall–Kier alpha value is -13.6. The number of nitrogen functional groups attached to an aromatic ring is 4. The van der Waals surface area contributed by atoms with Crippen molar-refractivity contribution < 1.29 is 88.5 Å². The Bertz CT molecular complexity index is 7130. The maximum Gasteiger partial charge on any atom is 0.272 e. The zero-order chi connectivity index (χ0) is 106. The van der Waals surface area contributed by atoms with Gasteiger partial charge in [-0.05, 0) is 182 Å². The molecule has 150 heavy (non-hydrogen) atoms. The predicted molar refractivity (Wildman–Crippen MR) is 580 cm³/mol. The van der Waals surface area contributed by atoms with Gasteiger partial charge >= 0.3 is 0 Å². The molecule has 8 aromatic heterocycles. The summed E-state index contributed by atoms with van der Waals surface area (Å²) in [6.45, 7) is 21.3. The van der Waals surface area contributed by atoms with Crippen LogP contribution in [0.2, 0.25) is 0 Å². The molecule has 39 nitrogen and oxygen atoms in total. The van der Waals surface area contributed by atoms with Crippen molar-refractivity contribution in [2.75, 3.05) is 121 Å². The van der Waals surface area contributed by atoms with Gasteiger partial charge in [-0.1, -0.05) is 133 Å². The highest BCUT2D eigenvalue weighted by molar-refractivity contribution is 7.60. The molecule has 16 rings (SSSR count). The van der Waals surface area contributed by atoms with Crippen LogP contribution in [0.1, 0.15) is 97.9 Å². The quantitative estimate of drug-likeness (QED) is 0.0203. The molecule has 8 aromatic carbocycles. The first-order valence-electron chi connectivity index (χ1n) is 49.2. The second-order valence-electron chi connectivity index (χ2n) is 36.0. The highest BCUT2D eigenvalue weighted by Crippen LogP contribution is 2.52. The van der Waals surface area contributed by atoms with E-state index in [2.05, 4.69) is 91.9 Å². The molecule has 4 unspecified atom stereocenters. The van der Waals surface area contributed by atoms with E-state index in [1.165, 1.54) is 36.4 Å². The van der Waals surface area contributed by atoms with Gasteiger partial charge in [0.2, 0.25) is 0 Å². The molecule has 16 aromatic rings. The van der Waals surface area contributed by atoms with Crippen LogP contribution in [0.5, 0.6) is 40.2 Å². The van der Waals surface area contributed by atoms with Gasteiger partial charge in [0, 0.05) is 62.2 Å². The molecule has 0 spiro atoms. The van der Waals surface area contributed by atoms with Gasteiger partial charge in [0.1, 0.15) is 113 Å². The molecule has 0 aliphatic carbocycles. The first-order chi connectivity index (χ1) is 72.5. The standard InChI is InChI=1S/2C27H34N5O5P.C27H34N5O4P.C26H32N5O5P/c1-20-14-24(34-3)11-10-22(20)16-35-12-7-13-38(33,37-23-8-5-4-6-9-23)19-36-21(2)15-32-18-31-25-26(28)29-17-30-27(25)32;1-20-10-11-22(24(14-20)34-3)16-35-12-7-13-38(33,37-23-8-5-4-6-9-23)19-36-21(2)15-32-18-31-25-26(28)29-17-30-27(25)32;1-20-10-11-23(21(2)14-20)16-34-12-7-13-37(33,36-24-8-5-4-6-9-24)19-35-22(3)15-32-18-31-25-26(28)29-17-30-27(25)32;1-20(15-31-18-30-24-25(27)28-17-29-26(24)31)35-19-37(32,36-22-10-4-3-5-11-22)14-8-13-34-16-21-9-6-7-12-23(21)33-2/h2*4-6,8-11,14,17-18,21H,7,12-13,15-16,19H2,1-3H3,(H2,28,29,30);4-6,8-11,14,17-18,22H,7,12-13,15-16,19H2,1-3H3,(H2,28,29,30);3-7,9-12,17-18,20H,8,13-16,19H2,1-2H3,(H2,27,28,29)/t2*21-,38?;22-,37?;20-,37?/m1111/s1. The van der Waals surface area contributed by atoms with E-state index in [0.29, 0.717) is 220 Å². The lowest BCUT2D eigenvalue weighted by Gasteiger charge is -2.22. The monoisotopic (exact) mass is 2130 g/mol. The molecular weight excluding hydrogens is 1990 g/mol. The van der Waals surface area contributed by atoms with Crippen LogP contribution in [0, 0.1) is 27.7 Å². The lowest BCUT2D eigenvalue weighted by Crippen LogP contribution is -2.19. The number of para-hydroxylation sites is 5. The van der Waals surface area contributed by atoms with Crippen molar-refractivity contribution in [1.29, 1.82) is 0 Å².